The van der Waals surface area contributed by atoms with Crippen LogP contribution in [-0.4, -0.2) is 162 Å². The second-order valence-corrected chi connectivity index (χ2v) is 21.1. The number of amides is 4. The third-order valence-electron chi connectivity index (χ3n) is 14.9. The van der Waals surface area contributed by atoms with E-state index in [1.54, 1.807) is 35.8 Å². The zero-order chi connectivity index (χ0) is 58.6. The summed E-state index contributed by atoms with van der Waals surface area (Å²) in [6.45, 7) is 2.32. The largest absolute Gasteiger partial charge is 0.453 e. The minimum absolute atomic E-state index is 0.150. The van der Waals surface area contributed by atoms with Crippen molar-refractivity contribution in [2.24, 2.45) is 10.8 Å². The van der Waals surface area contributed by atoms with Crippen molar-refractivity contribution in [1.29, 1.82) is 0 Å². The van der Waals surface area contributed by atoms with Crippen molar-refractivity contribution in [3.63, 3.8) is 0 Å². The minimum atomic E-state index is -5.22. The summed E-state index contributed by atoms with van der Waals surface area (Å²) in [6.07, 6.45) is -13.8. The third kappa shape index (κ3) is 13.9. The number of halogens is 10. The number of benzene rings is 2. The lowest BCUT2D eigenvalue weighted by Gasteiger charge is -2.48. The Bertz CT molecular complexity index is 2780. The van der Waals surface area contributed by atoms with E-state index in [1.807, 2.05) is 17.4 Å². The van der Waals surface area contributed by atoms with Gasteiger partial charge in [-0.2, -0.15) is 31.4 Å². The maximum atomic E-state index is 16.1. The van der Waals surface area contributed by atoms with Gasteiger partial charge in [0.25, 0.3) is 12.3 Å². The molecule has 3 unspecified atom stereocenters. The summed E-state index contributed by atoms with van der Waals surface area (Å²) >= 11 is 0. The molecule has 0 spiro atoms. The van der Waals surface area contributed by atoms with Gasteiger partial charge < -0.3 is 40.2 Å². The molecule has 3 aliphatic heterocycles. The van der Waals surface area contributed by atoms with Crippen LogP contribution in [0.5, 0.6) is 0 Å². The number of rotatable bonds is 21. The number of aliphatic hydroxyl groups is 1. The first kappa shape index (κ1) is 60.9. The average Bonchev–Trinajstić information content (AvgIpc) is 3.95. The van der Waals surface area contributed by atoms with Crippen molar-refractivity contribution in [3.8, 4) is 22.4 Å². The van der Waals surface area contributed by atoms with Crippen LogP contribution in [0, 0.1) is 22.5 Å². The Balaban J connectivity index is 1.20. The van der Waals surface area contributed by atoms with Crippen LogP contribution in [0.3, 0.4) is 0 Å². The number of carbonyl (C=O) groups excluding carboxylic acids is 4. The van der Waals surface area contributed by atoms with Crippen molar-refractivity contribution >= 4 is 29.8 Å². The standard InChI is InChI=1S/C52H62F10N10O8/c1-49(2,51(57,58)59)43(65-47(76)78-5)45(74)64-39(17-28-7-9-29(10-8-28)30-11-14-42(63-20-30)69-21-32-12-13-33(22-69)72(32)34-26-80-27-34)40(73)24-71(68-46(75)44(66-48(77)79-6)50(3,4)52(60,61)62)23-35-36(53)18-31(19-37(35)54)38-15-16-70(67-38)25-41(55)56/h7-11,14-16,18-20,32-34,39-41,43-44,73H,12-13,17,21-27H2,1-6H3,(H,64,74)(H,65,76)(H,66,77)(H,68,75)/t32?,33?,39-,40-,43?,44+/m0/s1. The van der Waals surface area contributed by atoms with Gasteiger partial charge in [-0.25, -0.2) is 37.1 Å². The number of fused-ring (bicyclic) bond motifs is 2. The van der Waals surface area contributed by atoms with Crippen LogP contribution < -0.4 is 26.3 Å². The van der Waals surface area contributed by atoms with E-state index >= 15 is 8.78 Å². The molecule has 18 nitrogen and oxygen atoms in total. The van der Waals surface area contributed by atoms with E-state index in [4.69, 9.17) is 9.72 Å². The number of aromatic nitrogens is 3. The SMILES string of the molecule is COC(=O)NC(C(=O)N[C@@H](Cc1ccc(-c2ccc(N3CC4CCC(C3)N4C3COC3)nc2)cc1)[C@@H](O)CN(Cc1c(F)cc(-c2ccn(CC(F)F)n2)cc1F)NC(=O)[C@@H](NC(=O)OC)C(C)(C)C(F)(F)F)C(C)(C)C(F)(F)F. The Hall–Kier alpha value is -6.78. The lowest BCUT2D eigenvalue weighted by Crippen LogP contribution is -2.63. The highest BCUT2D eigenvalue weighted by Crippen LogP contribution is 2.42. The van der Waals surface area contributed by atoms with E-state index in [-0.39, 0.29) is 11.3 Å². The fourth-order valence-corrected chi connectivity index (χ4v) is 9.90. The molecule has 28 heteroatoms. The summed E-state index contributed by atoms with van der Waals surface area (Å²) < 4.78 is 161. The number of alkyl halides is 8. The van der Waals surface area contributed by atoms with Gasteiger partial charge in [0.2, 0.25) is 5.91 Å². The molecule has 0 radical (unpaired) electrons. The molecule has 438 valence electrons. The third-order valence-corrected chi connectivity index (χ3v) is 14.9. The Labute approximate surface area is 453 Å². The number of ether oxygens (including phenoxy) is 3. The number of aliphatic hydroxyl groups excluding tert-OH is 1. The topological polar surface area (TPSA) is 205 Å². The van der Waals surface area contributed by atoms with Crippen LogP contribution in [0.15, 0.2) is 67.0 Å². The summed E-state index contributed by atoms with van der Waals surface area (Å²) in [5.41, 5.74) is -3.71. The van der Waals surface area contributed by atoms with Crippen molar-refractivity contribution in [3.05, 3.63) is 89.8 Å². The summed E-state index contributed by atoms with van der Waals surface area (Å²) in [5.74, 6) is -5.15. The number of methoxy groups -OCH3 is 2. The van der Waals surface area contributed by atoms with Crippen LogP contribution in [0.1, 0.15) is 51.7 Å². The average molecular weight is 1150 g/mol. The summed E-state index contributed by atoms with van der Waals surface area (Å²) in [6, 6.07) is 7.32. The van der Waals surface area contributed by atoms with Gasteiger partial charge in [-0.05, 0) is 88.4 Å². The van der Waals surface area contributed by atoms with E-state index in [0.717, 1.165) is 82.2 Å². The van der Waals surface area contributed by atoms with Gasteiger partial charge in [0.1, 0.15) is 36.1 Å². The predicted octanol–water partition coefficient (Wildman–Crippen LogP) is 6.76. The van der Waals surface area contributed by atoms with Crippen molar-refractivity contribution in [1.82, 2.24) is 46.0 Å². The van der Waals surface area contributed by atoms with Gasteiger partial charge >= 0.3 is 24.5 Å². The lowest BCUT2D eigenvalue weighted by molar-refractivity contribution is -0.221. The van der Waals surface area contributed by atoms with Crippen molar-refractivity contribution < 1.29 is 82.4 Å². The van der Waals surface area contributed by atoms with Crippen molar-refractivity contribution in [2.75, 3.05) is 52.0 Å². The molecule has 80 heavy (non-hydrogen) atoms. The monoisotopic (exact) mass is 1140 g/mol. The number of piperazine rings is 1. The molecular weight excluding hydrogens is 1080 g/mol. The van der Waals surface area contributed by atoms with E-state index in [1.165, 1.54) is 6.07 Å². The highest BCUT2D eigenvalue weighted by atomic mass is 19.4. The van der Waals surface area contributed by atoms with Crippen LogP contribution in [0.25, 0.3) is 22.4 Å². The molecule has 3 aliphatic rings. The Morgan fingerprint density at radius 2 is 1.31 bits per heavy atom. The van der Waals surface area contributed by atoms with E-state index in [0.29, 0.717) is 67.5 Å². The van der Waals surface area contributed by atoms with Crippen molar-refractivity contribution in [2.45, 2.75) is 121 Å². The zero-order valence-electron chi connectivity index (χ0n) is 44.3. The maximum absolute atomic E-state index is 16.1. The smallest absolute Gasteiger partial charge is 0.407 e. The summed E-state index contributed by atoms with van der Waals surface area (Å²) in [5, 5.41) is 22.6. The molecule has 7 rings (SSSR count). The quantitative estimate of drug-likeness (QED) is 0.0433. The number of nitrogens with zero attached hydrogens (tertiary/aromatic N) is 6. The van der Waals surface area contributed by atoms with Crippen LogP contribution in [-0.2, 0) is 43.3 Å². The summed E-state index contributed by atoms with van der Waals surface area (Å²) in [7, 11) is 1.62. The summed E-state index contributed by atoms with van der Waals surface area (Å²) in [4.78, 5) is 62.6. The number of carbonyl (C=O) groups is 4. The van der Waals surface area contributed by atoms with Gasteiger partial charge in [0.15, 0.2) is 0 Å². The molecule has 0 aliphatic carbocycles. The maximum Gasteiger partial charge on any atom is 0.407 e. The minimum Gasteiger partial charge on any atom is -0.453 e. The molecule has 2 bridgehead atoms. The van der Waals surface area contributed by atoms with E-state index in [2.05, 4.69) is 35.1 Å². The molecule has 6 atom stereocenters. The number of alkyl carbamates (subject to hydrolysis) is 2. The normalized spacial score (nSPS) is 18.8. The molecule has 3 fully saturated rings. The first-order valence-electron chi connectivity index (χ1n) is 25.3. The second kappa shape index (κ2) is 24.5. The van der Waals surface area contributed by atoms with Gasteiger partial charge in [-0.3, -0.25) is 24.6 Å². The molecule has 4 aromatic rings. The molecule has 5 heterocycles. The first-order chi connectivity index (χ1) is 37.5. The highest BCUT2D eigenvalue weighted by molar-refractivity contribution is 5.87. The van der Waals surface area contributed by atoms with Crippen LogP contribution in [0.2, 0.25) is 0 Å². The number of hydrogen-bond acceptors (Lipinski definition) is 13. The fraction of sp³-hybridized carbons (Fsp3) is 0.538. The molecule has 3 saturated heterocycles. The Morgan fingerprint density at radius 1 is 0.762 bits per heavy atom. The Morgan fingerprint density at radius 3 is 1.80 bits per heavy atom. The molecule has 0 saturated carbocycles. The molecule has 4 amide bonds. The predicted molar refractivity (Wildman–Crippen MR) is 267 cm³/mol. The highest BCUT2D eigenvalue weighted by Gasteiger charge is 2.57. The van der Waals surface area contributed by atoms with Gasteiger partial charge in [0, 0.05) is 67.3 Å². The number of pyridine rings is 1. The molecular formula is C52H62F10N10O8. The lowest BCUT2D eigenvalue weighted by atomic mass is 9.82. The molecule has 2 aromatic heterocycles. The number of anilines is 1. The Kier molecular flexibility index (Phi) is 18.7. The molecule has 2 aromatic carbocycles. The van der Waals surface area contributed by atoms with E-state index < -0.39 is 121 Å². The van der Waals surface area contributed by atoms with Crippen LogP contribution >= 0.6 is 0 Å². The molecule has 5 N–H and O–H groups in total. The fourth-order valence-electron chi connectivity index (χ4n) is 9.90. The number of nitrogens with one attached hydrogen (secondary N) is 4. The van der Waals surface area contributed by atoms with Gasteiger partial charge in [-0.1, -0.05) is 24.3 Å². The van der Waals surface area contributed by atoms with Crippen LogP contribution in [0.4, 0.5) is 59.3 Å². The second-order valence-electron chi connectivity index (χ2n) is 21.1. The number of hydrogen-bond donors (Lipinski definition) is 5. The number of hydrazine groups is 1. The first-order valence-corrected chi connectivity index (χ1v) is 25.3. The zero-order valence-corrected chi connectivity index (χ0v) is 44.3. The van der Waals surface area contributed by atoms with Gasteiger partial charge in [-0.15, -0.1) is 0 Å². The van der Waals surface area contributed by atoms with E-state index in [9.17, 15) is 59.4 Å². The van der Waals surface area contributed by atoms with Gasteiger partial charge in [0.05, 0.1) is 62.1 Å².